The van der Waals surface area contributed by atoms with Crippen molar-refractivity contribution in [1.82, 2.24) is 4.57 Å². The summed E-state index contributed by atoms with van der Waals surface area (Å²) in [5.41, 5.74) is 2.08. The Bertz CT molecular complexity index is 7280. The second-order valence-electron chi connectivity index (χ2n) is 24.2. The largest absolute Gasteiger partial charge is 0.456 e. The van der Waals surface area contributed by atoms with Gasteiger partial charge in [-0.1, -0.05) is 291 Å². The topological polar surface area (TPSA) is 24.6 Å². The van der Waals surface area contributed by atoms with Gasteiger partial charge in [-0.05, 0) is 139 Å². The molecule has 0 fully saturated rings. The molecule has 0 amide bonds. The van der Waals surface area contributed by atoms with Gasteiger partial charge in [-0.25, -0.2) is 0 Å². The van der Waals surface area contributed by atoms with E-state index in [4.69, 9.17) is 9.90 Å². The highest BCUT2D eigenvalue weighted by atomic mass is 16.3. The van der Waals surface area contributed by atoms with Crippen LogP contribution < -0.4 is 26.2 Å². The Morgan fingerprint density at radius 2 is 0.835 bits per heavy atom. The third-order valence-electron chi connectivity index (χ3n) is 19.2. The fraction of sp³-hybridized carbons (Fsp3) is 0.0217. The molecule has 5 heteroatoms. The van der Waals surface area contributed by atoms with E-state index in [1.165, 1.54) is 4.90 Å². The number of nitrogens with zero attached hydrogens (tertiary/aromatic N) is 3. The SMILES string of the molecule is [2H]c1c([2H])c([2H])c(-c2c([2H])c([2H])c([2H])c(-c3c([2H])c([2H])c([2H])c([2H])c3[2H])c2N2c3ccc(-c4cccc5oc6ccccc6c45)cc3B3c4ccc(-n5c6ccccc6c6ccccc65)cc4N(c4c(-c5c([2H])c([2H])c([2H])c([2H])c5[2H])c([2H])c([2H])c([2H])c4-c4c([2H])c([2H])c([2H])c([2H])c4[2H])c4cc(C5c6ccccc6Cc6ccccc65)cc2c43)c([2H])c1[2H]. The van der Waals surface area contributed by atoms with Gasteiger partial charge in [0.1, 0.15) is 11.2 Å². The summed E-state index contributed by atoms with van der Waals surface area (Å²) in [7, 11) is 0. The first kappa shape index (κ1) is 35.2. The van der Waals surface area contributed by atoms with E-state index in [9.17, 15) is 30.2 Å². The molecule has 97 heavy (non-hydrogen) atoms. The fourth-order valence-electron chi connectivity index (χ4n) is 15.3. The Hall–Kier alpha value is -12.4. The molecule has 0 saturated carbocycles. The zero-order valence-corrected chi connectivity index (χ0v) is 51.0. The molecule has 17 aromatic rings. The van der Waals surface area contributed by atoms with Crippen LogP contribution in [0.15, 0.2) is 350 Å². The predicted molar refractivity (Wildman–Crippen MR) is 406 cm³/mol. The van der Waals surface area contributed by atoms with Crippen molar-refractivity contribution in [3.05, 3.63) is 373 Å². The molecule has 4 nitrogen and oxygen atoms in total. The van der Waals surface area contributed by atoms with Gasteiger partial charge in [0.2, 0.25) is 0 Å². The van der Waals surface area contributed by atoms with Crippen molar-refractivity contribution in [2.45, 2.75) is 12.3 Å². The highest BCUT2D eigenvalue weighted by molar-refractivity contribution is 7.00. The summed E-state index contributed by atoms with van der Waals surface area (Å²) in [5.74, 6) is -0.903. The lowest BCUT2D eigenvalue weighted by Gasteiger charge is -2.46. The molecular formula is C92H60BN3O. The fourth-order valence-corrected chi connectivity index (χ4v) is 15.3. The van der Waals surface area contributed by atoms with E-state index in [2.05, 4.69) is 0 Å². The molecule has 1 aliphatic carbocycles. The Morgan fingerprint density at radius 1 is 0.351 bits per heavy atom. The van der Waals surface area contributed by atoms with Crippen LogP contribution >= 0.6 is 0 Å². The van der Waals surface area contributed by atoms with E-state index in [0.29, 0.717) is 67.3 Å². The van der Waals surface area contributed by atoms with Gasteiger partial charge in [-0.2, -0.15) is 0 Å². The summed E-state index contributed by atoms with van der Waals surface area (Å²) in [5, 5.41) is 3.06. The second kappa shape index (κ2) is 22.1. The van der Waals surface area contributed by atoms with Crippen LogP contribution in [0.25, 0.3) is 105 Å². The van der Waals surface area contributed by atoms with Crippen molar-refractivity contribution < 1.29 is 40.1 Å². The third kappa shape index (κ3) is 8.58. The van der Waals surface area contributed by atoms with Crippen LogP contribution in [0.1, 0.15) is 69.4 Å². The van der Waals surface area contributed by atoms with Crippen LogP contribution in [0, 0.1) is 0 Å². The molecule has 2 aromatic heterocycles. The number of rotatable bonds is 9. The highest BCUT2D eigenvalue weighted by Gasteiger charge is 2.46. The Kier molecular flexibility index (Phi) is 8.01. The molecule has 0 unspecified atom stereocenters. The van der Waals surface area contributed by atoms with Gasteiger partial charge in [0, 0.05) is 78.2 Å². The number of hydrogen-bond donors (Lipinski definition) is 0. The zero-order chi connectivity index (χ0) is 86.3. The van der Waals surface area contributed by atoms with Gasteiger partial charge in [-0.15, -0.1) is 0 Å². The smallest absolute Gasteiger partial charge is 0.252 e. The summed E-state index contributed by atoms with van der Waals surface area (Å²) in [6, 6.07) is 34.8. The molecule has 3 aliphatic rings. The number of para-hydroxylation sites is 5. The molecular weight excluding hydrogens is 1170 g/mol. The van der Waals surface area contributed by atoms with Gasteiger partial charge in [-0.3, -0.25) is 0 Å². The van der Waals surface area contributed by atoms with E-state index in [1.54, 1.807) is 17.0 Å². The maximum absolute atomic E-state index is 10.6. The van der Waals surface area contributed by atoms with E-state index in [1.807, 2.05) is 180 Å². The third-order valence-corrected chi connectivity index (χ3v) is 19.2. The molecule has 20 rings (SSSR count). The Balaban J connectivity index is 1.07. The standard InChI is InChI=1S/C92H60BN3O/c1-5-26-59(27-6-1)71-42-23-43-72(60-28-7-2-8-29-60)91(71)95-82-53-50-65(70-41-25-49-87-89(70)77-40-19-22-48-86(77)97-87)55-79(82)93-78-52-51-67(94-80-46-20-17-38-75(80)76-39-18-21-47-81(76)94)58-83(78)96(92-73(61-30-9-3-10-31-61)44-24-45-74(92)62-32-11-4-12-33-62)85-57-66(56-84(95)90(85)93)88-68-36-15-13-34-63(68)54-64-35-14-16-37-69(64)88/h1-53,55-58,88H,54H2/i1D,2D,3D,4D,5D,6D,7D,8D,9D,10D,11D,12D,23D,24D,26D,27D,28D,29D,30D,31D,32D,33D,42D,43D,44D,45D. The van der Waals surface area contributed by atoms with Crippen LogP contribution in [0.5, 0.6) is 0 Å². The molecule has 0 radical (unpaired) electrons. The molecule has 0 bridgehead atoms. The number of hydrogen-bond acceptors (Lipinski definition) is 3. The lowest BCUT2D eigenvalue weighted by molar-refractivity contribution is 0.669. The number of benzene rings is 15. The quantitative estimate of drug-likeness (QED) is 0.135. The Labute approximate surface area is 600 Å². The molecule has 2 aliphatic heterocycles. The zero-order valence-electron chi connectivity index (χ0n) is 77.0. The first-order chi connectivity index (χ1) is 58.9. The molecule has 4 heterocycles. The maximum Gasteiger partial charge on any atom is 0.252 e. The van der Waals surface area contributed by atoms with Crippen LogP contribution in [0.3, 0.4) is 0 Å². The molecule has 0 spiro atoms. The van der Waals surface area contributed by atoms with Crippen molar-refractivity contribution in [2.75, 3.05) is 9.80 Å². The van der Waals surface area contributed by atoms with Crippen molar-refractivity contribution in [2.24, 2.45) is 0 Å². The molecule has 0 N–H and O–H groups in total. The van der Waals surface area contributed by atoms with Gasteiger partial charge < -0.3 is 18.8 Å². The minimum absolute atomic E-state index is 0.000118. The number of anilines is 6. The minimum Gasteiger partial charge on any atom is -0.456 e. The summed E-state index contributed by atoms with van der Waals surface area (Å²) in [6.07, 6.45) is 0.416. The molecule has 15 aromatic carbocycles. The molecule has 0 saturated heterocycles. The monoisotopic (exact) mass is 1260 g/mol. The first-order valence-electron chi connectivity index (χ1n) is 44.6. The van der Waals surface area contributed by atoms with Gasteiger partial charge in [0.25, 0.3) is 6.71 Å². The Morgan fingerprint density at radius 3 is 1.39 bits per heavy atom. The number of furan rings is 1. The number of fused-ring (bicyclic) bond motifs is 12. The molecule has 0 atom stereocenters. The summed E-state index contributed by atoms with van der Waals surface area (Å²) in [6.45, 7) is -1.25. The van der Waals surface area contributed by atoms with Crippen LogP contribution in [-0.4, -0.2) is 11.3 Å². The summed E-state index contributed by atoms with van der Waals surface area (Å²) in [4.78, 5) is 3.10. The van der Waals surface area contributed by atoms with Crippen LogP contribution in [-0.2, 0) is 6.42 Å². The predicted octanol–water partition coefficient (Wildman–Crippen LogP) is 22.2. The first-order valence-corrected chi connectivity index (χ1v) is 31.6. The van der Waals surface area contributed by atoms with Crippen molar-refractivity contribution in [3.8, 4) is 61.3 Å². The van der Waals surface area contributed by atoms with E-state index in [0.717, 1.165) is 38.4 Å². The van der Waals surface area contributed by atoms with E-state index >= 15 is 0 Å². The van der Waals surface area contributed by atoms with Crippen molar-refractivity contribution in [3.63, 3.8) is 0 Å². The number of aromatic nitrogens is 1. The maximum atomic E-state index is 10.6. The lowest BCUT2D eigenvalue weighted by atomic mass is 9.33. The van der Waals surface area contributed by atoms with Crippen LogP contribution in [0.2, 0.25) is 0 Å². The summed E-state index contributed by atoms with van der Waals surface area (Å²) >= 11 is 0. The second-order valence-corrected chi connectivity index (χ2v) is 24.2. The van der Waals surface area contributed by atoms with Gasteiger partial charge in [0.15, 0.2) is 0 Å². The van der Waals surface area contributed by atoms with E-state index in [-0.39, 0.29) is 28.2 Å². The minimum atomic E-state index is -1.25. The van der Waals surface area contributed by atoms with Crippen LogP contribution in [0.4, 0.5) is 34.1 Å². The normalized spacial score (nSPS) is 16.8. The lowest BCUT2D eigenvalue weighted by Crippen LogP contribution is -2.61. The van der Waals surface area contributed by atoms with Crippen molar-refractivity contribution in [1.29, 1.82) is 0 Å². The van der Waals surface area contributed by atoms with Crippen molar-refractivity contribution >= 4 is 101 Å². The van der Waals surface area contributed by atoms with Gasteiger partial charge >= 0.3 is 0 Å². The average molecular weight is 1260 g/mol. The summed E-state index contributed by atoms with van der Waals surface area (Å²) < 4.78 is 263. The van der Waals surface area contributed by atoms with E-state index < -0.39 is 226 Å². The average Bonchev–Trinajstić information content (AvgIpc) is 1.58. The van der Waals surface area contributed by atoms with Gasteiger partial charge in [0.05, 0.1) is 58.0 Å². The molecule has 452 valence electrons. The highest BCUT2D eigenvalue weighted by Crippen LogP contribution is 2.55.